The highest BCUT2D eigenvalue weighted by atomic mass is 16.5. The smallest absolute Gasteiger partial charge is 0.148 e. The Morgan fingerprint density at radius 1 is 1.06 bits per heavy atom. The van der Waals surface area contributed by atoms with Gasteiger partial charge in [0, 0.05) is 30.1 Å². The molecular weight excluding hydrogens is 448 g/mol. The van der Waals surface area contributed by atoms with E-state index in [1.54, 1.807) is 12.4 Å². The third-order valence-corrected chi connectivity index (χ3v) is 6.76. The van der Waals surface area contributed by atoms with Crippen molar-refractivity contribution in [2.24, 2.45) is 0 Å². The van der Waals surface area contributed by atoms with Crippen molar-refractivity contribution in [2.75, 3.05) is 6.54 Å². The van der Waals surface area contributed by atoms with Crippen LogP contribution in [0.2, 0.25) is 0 Å². The Hall–Kier alpha value is -3.48. The summed E-state index contributed by atoms with van der Waals surface area (Å²) < 4.78 is 8.06. The molecule has 0 amide bonds. The molecular formula is C30H34N4O2. The van der Waals surface area contributed by atoms with E-state index in [1.807, 2.05) is 41.1 Å². The van der Waals surface area contributed by atoms with Crippen molar-refractivity contribution in [3.63, 3.8) is 0 Å². The van der Waals surface area contributed by atoms with Crippen molar-refractivity contribution in [2.45, 2.75) is 58.9 Å². The van der Waals surface area contributed by atoms with Crippen LogP contribution >= 0.6 is 0 Å². The third kappa shape index (κ3) is 4.92. The maximum absolute atomic E-state index is 10.7. The number of aliphatic hydroxyl groups excluding tert-OH is 1. The molecule has 4 aromatic rings. The molecule has 5 rings (SSSR count). The first-order valence-corrected chi connectivity index (χ1v) is 12.8. The van der Waals surface area contributed by atoms with Crippen LogP contribution in [0.15, 0.2) is 67.0 Å². The molecule has 0 aliphatic carbocycles. The van der Waals surface area contributed by atoms with E-state index in [4.69, 9.17) is 9.84 Å². The lowest BCUT2D eigenvalue weighted by Crippen LogP contribution is -2.33. The average molecular weight is 483 g/mol. The van der Waals surface area contributed by atoms with Gasteiger partial charge in [-0.3, -0.25) is 15.0 Å². The minimum Gasteiger partial charge on any atom is -0.489 e. The average Bonchev–Trinajstić information content (AvgIpc) is 3.29. The number of nitrogens with zero attached hydrogens (tertiary/aromatic N) is 3. The highest BCUT2D eigenvalue weighted by molar-refractivity contribution is 5.83. The fraction of sp³-hybridized carbons (Fsp3) is 0.333. The van der Waals surface area contributed by atoms with Gasteiger partial charge in [-0.25, -0.2) is 0 Å². The summed E-state index contributed by atoms with van der Waals surface area (Å²) in [7, 11) is 0. The molecule has 0 saturated carbocycles. The van der Waals surface area contributed by atoms with Crippen molar-refractivity contribution >= 4 is 0 Å². The largest absolute Gasteiger partial charge is 0.489 e. The van der Waals surface area contributed by atoms with Crippen LogP contribution in [0.5, 0.6) is 5.75 Å². The molecule has 6 nitrogen and oxygen atoms in total. The highest BCUT2D eigenvalue weighted by Gasteiger charge is 2.28. The molecule has 0 saturated heterocycles. The van der Waals surface area contributed by atoms with Gasteiger partial charge in [-0.1, -0.05) is 57.5 Å². The second kappa shape index (κ2) is 10.6. The van der Waals surface area contributed by atoms with Crippen LogP contribution in [0, 0.1) is 0 Å². The van der Waals surface area contributed by atoms with Crippen molar-refractivity contribution < 1.29 is 9.84 Å². The molecule has 0 bridgehead atoms. The van der Waals surface area contributed by atoms with E-state index in [9.17, 15) is 5.11 Å². The lowest BCUT2D eigenvalue weighted by Gasteiger charge is -2.22. The number of aryl methyl sites for hydroxylation is 1. The van der Waals surface area contributed by atoms with E-state index < -0.39 is 6.23 Å². The van der Waals surface area contributed by atoms with Crippen LogP contribution < -0.4 is 10.1 Å². The second-order valence-corrected chi connectivity index (χ2v) is 9.68. The van der Waals surface area contributed by atoms with Gasteiger partial charge in [0.05, 0.1) is 12.2 Å². The number of pyridine rings is 1. The molecule has 36 heavy (non-hydrogen) atoms. The summed E-state index contributed by atoms with van der Waals surface area (Å²) in [6.07, 6.45) is 4.99. The Kier molecular flexibility index (Phi) is 7.16. The summed E-state index contributed by atoms with van der Waals surface area (Å²) in [5.41, 5.74) is 8.56. The first-order chi connectivity index (χ1) is 17.5. The lowest BCUT2D eigenvalue weighted by molar-refractivity contribution is 0.113. The molecule has 1 aliphatic heterocycles. The molecule has 6 heteroatoms. The Bertz CT molecular complexity index is 1310. The number of hydrogen-bond donors (Lipinski definition) is 2. The predicted octanol–water partition coefficient (Wildman–Crippen LogP) is 5.86. The van der Waals surface area contributed by atoms with Crippen LogP contribution in [-0.4, -0.2) is 26.4 Å². The van der Waals surface area contributed by atoms with Gasteiger partial charge >= 0.3 is 0 Å². The standard InChI is InChI=1S/C30H34N4O2/c1-4-5-24-18-21(6-11-26(24)20(2)3)19-36-25-9-7-22(8-10-25)27-28(23-12-14-31-15-13-23)33-34-17-16-32-30(35)29(27)34/h6-15,18,20,30,32,35H,4-5,16-17,19H2,1-3H3. The number of rotatable bonds is 8. The first-order valence-electron chi connectivity index (χ1n) is 12.8. The molecule has 0 fully saturated rings. The molecule has 3 heterocycles. The first kappa shape index (κ1) is 24.2. The maximum Gasteiger partial charge on any atom is 0.148 e. The molecule has 0 spiro atoms. The Labute approximate surface area is 213 Å². The van der Waals surface area contributed by atoms with Gasteiger partial charge in [0.15, 0.2) is 0 Å². The molecule has 2 aromatic heterocycles. The highest BCUT2D eigenvalue weighted by Crippen LogP contribution is 2.38. The summed E-state index contributed by atoms with van der Waals surface area (Å²) >= 11 is 0. The van der Waals surface area contributed by atoms with Crippen molar-refractivity contribution in [1.82, 2.24) is 20.1 Å². The number of nitrogens with one attached hydrogen (secondary N) is 1. The Morgan fingerprint density at radius 2 is 1.83 bits per heavy atom. The number of benzene rings is 2. The van der Waals surface area contributed by atoms with Crippen LogP contribution in [0.3, 0.4) is 0 Å². The van der Waals surface area contributed by atoms with Crippen molar-refractivity contribution in [3.05, 3.63) is 89.4 Å². The molecule has 186 valence electrons. The minimum absolute atomic E-state index is 0.523. The number of aliphatic hydroxyl groups is 1. The fourth-order valence-corrected chi connectivity index (χ4v) is 5.01. The zero-order valence-electron chi connectivity index (χ0n) is 21.2. The van der Waals surface area contributed by atoms with Gasteiger partial charge in [0.2, 0.25) is 0 Å². The lowest BCUT2D eigenvalue weighted by atomic mass is 9.93. The van der Waals surface area contributed by atoms with Crippen LogP contribution in [0.25, 0.3) is 22.4 Å². The SMILES string of the molecule is CCCc1cc(COc2ccc(-c3c(-c4ccncc4)nn4c3C(O)NCC4)cc2)ccc1C(C)C. The van der Waals surface area contributed by atoms with Crippen molar-refractivity contribution in [3.8, 4) is 28.1 Å². The Balaban J connectivity index is 1.40. The number of fused-ring (bicyclic) bond motifs is 1. The zero-order valence-corrected chi connectivity index (χ0v) is 21.2. The molecule has 1 atom stereocenters. The van der Waals surface area contributed by atoms with E-state index in [0.717, 1.165) is 46.7 Å². The summed E-state index contributed by atoms with van der Waals surface area (Å²) in [6.45, 7) is 8.64. The summed E-state index contributed by atoms with van der Waals surface area (Å²) in [5.74, 6) is 1.34. The molecule has 2 N–H and O–H groups in total. The van der Waals surface area contributed by atoms with Gasteiger partial charge in [-0.2, -0.15) is 5.10 Å². The van der Waals surface area contributed by atoms with Gasteiger partial charge < -0.3 is 9.84 Å². The molecule has 1 unspecified atom stereocenters. The van der Waals surface area contributed by atoms with E-state index in [2.05, 4.69) is 49.3 Å². The van der Waals surface area contributed by atoms with Gasteiger partial charge in [0.25, 0.3) is 0 Å². The fourth-order valence-electron chi connectivity index (χ4n) is 5.01. The normalized spacial score (nSPS) is 15.2. The summed E-state index contributed by atoms with van der Waals surface area (Å²) in [4.78, 5) is 4.14. The Morgan fingerprint density at radius 3 is 2.56 bits per heavy atom. The van der Waals surface area contributed by atoms with E-state index in [-0.39, 0.29) is 0 Å². The topological polar surface area (TPSA) is 72.2 Å². The number of ether oxygens (including phenoxy) is 1. The number of aromatic nitrogens is 3. The monoisotopic (exact) mass is 482 g/mol. The third-order valence-electron chi connectivity index (χ3n) is 6.76. The quantitative estimate of drug-likeness (QED) is 0.329. The minimum atomic E-state index is -0.765. The van der Waals surface area contributed by atoms with Gasteiger partial charge in [0.1, 0.15) is 24.3 Å². The predicted molar refractivity (Wildman–Crippen MR) is 143 cm³/mol. The maximum atomic E-state index is 10.7. The molecule has 2 aromatic carbocycles. The van der Waals surface area contributed by atoms with Crippen molar-refractivity contribution in [1.29, 1.82) is 0 Å². The molecule has 0 radical (unpaired) electrons. The summed E-state index contributed by atoms with van der Waals surface area (Å²) in [5, 5.41) is 18.7. The zero-order chi connectivity index (χ0) is 25.1. The van der Waals surface area contributed by atoms with E-state index in [1.165, 1.54) is 16.7 Å². The van der Waals surface area contributed by atoms with E-state index >= 15 is 0 Å². The van der Waals surface area contributed by atoms with Crippen LogP contribution in [0.1, 0.15) is 61.7 Å². The van der Waals surface area contributed by atoms with Gasteiger partial charge in [-0.05, 0) is 58.9 Å². The van der Waals surface area contributed by atoms with Crippen LogP contribution in [0.4, 0.5) is 0 Å². The summed E-state index contributed by atoms with van der Waals surface area (Å²) in [6, 6.07) is 18.7. The number of hydrogen-bond acceptors (Lipinski definition) is 5. The second-order valence-electron chi connectivity index (χ2n) is 9.68. The van der Waals surface area contributed by atoms with Crippen LogP contribution in [-0.2, 0) is 19.6 Å². The van der Waals surface area contributed by atoms with E-state index in [0.29, 0.717) is 25.6 Å². The van der Waals surface area contributed by atoms with Gasteiger partial charge in [-0.15, -0.1) is 0 Å². The molecule has 1 aliphatic rings.